The molecule has 1 aliphatic heterocycles. The van der Waals surface area contributed by atoms with Crippen molar-refractivity contribution in [3.63, 3.8) is 0 Å². The van der Waals surface area contributed by atoms with E-state index in [1.54, 1.807) is 17.9 Å². The first-order valence-electron chi connectivity index (χ1n) is 7.31. The topological polar surface area (TPSA) is 51.1 Å². The molecule has 0 fully saturated rings. The molecule has 0 saturated heterocycles. The molecule has 0 aliphatic carbocycles. The zero-order chi connectivity index (χ0) is 17.9. The third kappa shape index (κ3) is 4.40. The van der Waals surface area contributed by atoms with Crippen molar-refractivity contribution in [2.24, 2.45) is 4.99 Å². The van der Waals surface area contributed by atoms with Crippen LogP contribution in [0.2, 0.25) is 0 Å². The Labute approximate surface area is 145 Å². The number of rotatable bonds is 5. The Hall–Kier alpha value is -1.77. The van der Waals surface area contributed by atoms with Crippen LogP contribution in [-0.4, -0.2) is 37.4 Å². The fraction of sp³-hybridized carbons (Fsp3) is 0.467. The third-order valence-electron chi connectivity index (χ3n) is 3.29. The summed E-state index contributed by atoms with van der Waals surface area (Å²) in [6, 6.07) is 3.56. The Kier molecular flexibility index (Phi) is 5.74. The number of hydrogen-bond donors (Lipinski definition) is 0. The second kappa shape index (κ2) is 7.42. The number of anilines is 1. The predicted octanol–water partition coefficient (Wildman–Crippen LogP) is 3.91. The van der Waals surface area contributed by atoms with E-state index in [0.29, 0.717) is 16.7 Å². The highest BCUT2D eigenvalue weighted by atomic mass is 79.9. The molecule has 0 aromatic heterocycles. The molecule has 0 N–H and O–H groups in total. The molecule has 24 heavy (non-hydrogen) atoms. The van der Waals surface area contributed by atoms with Crippen molar-refractivity contribution in [1.82, 2.24) is 0 Å². The average Bonchev–Trinajstić information content (AvgIpc) is 2.90. The minimum absolute atomic E-state index is 0.109. The van der Waals surface area contributed by atoms with Crippen molar-refractivity contribution in [2.45, 2.75) is 32.7 Å². The highest BCUT2D eigenvalue weighted by Crippen LogP contribution is 2.37. The van der Waals surface area contributed by atoms with Gasteiger partial charge in [-0.05, 0) is 25.1 Å². The number of aliphatic imine (C=N–C) groups is 1. The molecule has 132 valence electrons. The number of hydrogen-bond acceptors (Lipinski definition) is 5. The van der Waals surface area contributed by atoms with Gasteiger partial charge >= 0.3 is 12.3 Å². The second-order valence-corrected chi connectivity index (χ2v) is 5.85. The zero-order valence-electron chi connectivity index (χ0n) is 13.1. The van der Waals surface area contributed by atoms with Crippen LogP contribution in [0.5, 0.6) is 5.75 Å². The lowest BCUT2D eigenvalue weighted by atomic mass is 10.2. The molecule has 5 nitrogen and oxygen atoms in total. The lowest BCUT2D eigenvalue weighted by Gasteiger charge is -2.24. The minimum Gasteiger partial charge on any atom is -0.464 e. The minimum atomic E-state index is -4.82. The van der Waals surface area contributed by atoms with E-state index >= 15 is 0 Å². The molecule has 0 saturated carbocycles. The van der Waals surface area contributed by atoms with Crippen LogP contribution in [0, 0.1) is 0 Å². The number of carbonyl (C=O) groups is 1. The molecule has 1 atom stereocenters. The summed E-state index contributed by atoms with van der Waals surface area (Å²) in [4.78, 5) is 17.7. The summed E-state index contributed by atoms with van der Waals surface area (Å²) < 4.78 is 47.5. The van der Waals surface area contributed by atoms with E-state index in [4.69, 9.17) is 4.74 Å². The molecular weight excluding hydrogens is 393 g/mol. The standard InChI is InChI=1S/C15H16BrF3N2O3/c1-3-13-20-10(14(22)23-4-2)8-21(13)11-6-5-9(16)7-12(11)24-15(17,18)19/h5-7,10H,3-4,8H2,1-2H3. The van der Waals surface area contributed by atoms with Crippen molar-refractivity contribution < 1.29 is 27.4 Å². The van der Waals surface area contributed by atoms with Crippen LogP contribution >= 0.6 is 15.9 Å². The van der Waals surface area contributed by atoms with Gasteiger partial charge in [-0.3, -0.25) is 4.99 Å². The maximum atomic E-state index is 12.7. The number of halogens is 4. The normalized spacial score (nSPS) is 17.7. The average molecular weight is 409 g/mol. The van der Waals surface area contributed by atoms with Gasteiger partial charge in [-0.25, -0.2) is 4.79 Å². The number of esters is 1. The molecule has 1 aromatic rings. The summed E-state index contributed by atoms with van der Waals surface area (Å²) in [6.07, 6.45) is -4.36. The molecule has 9 heteroatoms. The monoisotopic (exact) mass is 408 g/mol. The molecule has 1 heterocycles. The van der Waals surface area contributed by atoms with Crippen molar-refractivity contribution in [3.05, 3.63) is 22.7 Å². The highest BCUT2D eigenvalue weighted by molar-refractivity contribution is 9.10. The molecule has 2 rings (SSSR count). The number of ether oxygens (including phenoxy) is 2. The van der Waals surface area contributed by atoms with Gasteiger partial charge in [-0.2, -0.15) is 0 Å². The van der Waals surface area contributed by atoms with Gasteiger partial charge in [0.2, 0.25) is 0 Å². The van der Waals surface area contributed by atoms with Crippen molar-refractivity contribution in [2.75, 3.05) is 18.1 Å². The summed E-state index contributed by atoms with van der Waals surface area (Å²) in [7, 11) is 0. The van der Waals surface area contributed by atoms with Gasteiger partial charge in [0, 0.05) is 10.9 Å². The van der Waals surface area contributed by atoms with Gasteiger partial charge in [0.25, 0.3) is 0 Å². The quantitative estimate of drug-likeness (QED) is 0.693. The van der Waals surface area contributed by atoms with E-state index in [9.17, 15) is 18.0 Å². The Morgan fingerprint density at radius 2 is 2.12 bits per heavy atom. The first-order valence-corrected chi connectivity index (χ1v) is 8.10. The van der Waals surface area contributed by atoms with Crippen molar-refractivity contribution in [3.8, 4) is 5.75 Å². The van der Waals surface area contributed by atoms with Crippen LogP contribution in [0.15, 0.2) is 27.7 Å². The van der Waals surface area contributed by atoms with Crippen LogP contribution in [-0.2, 0) is 9.53 Å². The lowest BCUT2D eigenvalue weighted by Crippen LogP contribution is -2.33. The van der Waals surface area contributed by atoms with Gasteiger partial charge < -0.3 is 14.4 Å². The zero-order valence-corrected chi connectivity index (χ0v) is 14.6. The number of nitrogens with zero attached hydrogens (tertiary/aromatic N) is 2. The molecule has 0 bridgehead atoms. The van der Waals surface area contributed by atoms with Gasteiger partial charge in [0.1, 0.15) is 5.84 Å². The Morgan fingerprint density at radius 1 is 1.42 bits per heavy atom. The molecule has 0 spiro atoms. The Bertz CT molecular complexity index is 649. The molecular formula is C15H16BrF3N2O3. The summed E-state index contributed by atoms with van der Waals surface area (Å²) in [5, 5.41) is 0. The Morgan fingerprint density at radius 3 is 2.71 bits per heavy atom. The van der Waals surface area contributed by atoms with E-state index in [-0.39, 0.29) is 24.6 Å². The fourth-order valence-corrected chi connectivity index (χ4v) is 2.71. The largest absolute Gasteiger partial charge is 0.573 e. The fourth-order valence-electron chi connectivity index (χ4n) is 2.37. The molecule has 1 unspecified atom stereocenters. The summed E-state index contributed by atoms with van der Waals surface area (Å²) >= 11 is 3.13. The van der Waals surface area contributed by atoms with Crippen LogP contribution in [0.25, 0.3) is 0 Å². The van der Waals surface area contributed by atoms with Gasteiger partial charge in [0.15, 0.2) is 11.8 Å². The van der Waals surface area contributed by atoms with E-state index in [0.717, 1.165) is 0 Å². The first kappa shape index (κ1) is 18.6. The number of alkyl halides is 3. The summed E-state index contributed by atoms with van der Waals surface area (Å²) in [5.74, 6) is -0.355. The SMILES string of the molecule is CCOC(=O)C1CN(c2ccc(Br)cc2OC(F)(F)F)C(CC)=N1. The Balaban J connectivity index is 2.34. The van der Waals surface area contributed by atoms with E-state index in [1.807, 2.05) is 6.92 Å². The highest BCUT2D eigenvalue weighted by Gasteiger charge is 2.36. The first-order chi connectivity index (χ1) is 11.2. The van der Waals surface area contributed by atoms with Gasteiger partial charge in [-0.1, -0.05) is 22.9 Å². The van der Waals surface area contributed by atoms with E-state index in [1.165, 1.54) is 12.1 Å². The van der Waals surface area contributed by atoms with E-state index < -0.39 is 18.4 Å². The van der Waals surface area contributed by atoms with Gasteiger partial charge in [-0.15, -0.1) is 13.2 Å². The second-order valence-electron chi connectivity index (χ2n) is 4.94. The molecule has 1 aliphatic rings. The molecule has 0 amide bonds. The smallest absolute Gasteiger partial charge is 0.464 e. The number of benzene rings is 1. The van der Waals surface area contributed by atoms with Crippen molar-refractivity contribution >= 4 is 33.4 Å². The van der Waals surface area contributed by atoms with E-state index in [2.05, 4.69) is 25.7 Å². The van der Waals surface area contributed by atoms with Crippen LogP contribution in [0.1, 0.15) is 20.3 Å². The van der Waals surface area contributed by atoms with Crippen molar-refractivity contribution in [1.29, 1.82) is 0 Å². The third-order valence-corrected chi connectivity index (χ3v) is 3.78. The van der Waals surface area contributed by atoms with Crippen LogP contribution in [0.3, 0.4) is 0 Å². The number of carbonyl (C=O) groups excluding carboxylic acids is 1. The predicted molar refractivity (Wildman–Crippen MR) is 86.3 cm³/mol. The lowest BCUT2D eigenvalue weighted by molar-refractivity contribution is -0.274. The van der Waals surface area contributed by atoms with Crippen LogP contribution in [0.4, 0.5) is 18.9 Å². The summed E-state index contributed by atoms with van der Waals surface area (Å²) in [6.45, 7) is 3.81. The maximum absolute atomic E-state index is 12.7. The molecule has 1 aromatic carbocycles. The maximum Gasteiger partial charge on any atom is 0.573 e. The van der Waals surface area contributed by atoms with Gasteiger partial charge in [0.05, 0.1) is 18.8 Å². The number of amidine groups is 1. The summed E-state index contributed by atoms with van der Waals surface area (Å²) in [5.41, 5.74) is 0.197. The molecule has 0 radical (unpaired) electrons. The van der Waals surface area contributed by atoms with Crippen LogP contribution < -0.4 is 9.64 Å².